The summed E-state index contributed by atoms with van der Waals surface area (Å²) in [6.07, 6.45) is 3.12. The van der Waals surface area contributed by atoms with Crippen molar-refractivity contribution in [1.29, 1.82) is 0 Å². The number of carboxylic acid groups (broad SMARTS) is 1. The second-order valence-corrected chi connectivity index (χ2v) is 2.44. The lowest BCUT2D eigenvalue weighted by Crippen LogP contribution is -2.03. The highest BCUT2D eigenvalue weighted by Gasteiger charge is 2.07. The summed E-state index contributed by atoms with van der Waals surface area (Å²) in [7, 11) is 0. The molecule has 0 aliphatic heterocycles. The number of rotatable bonds is 2. The number of aryl methyl sites for hydroxylation is 1. The molecule has 1 rings (SSSR count). The lowest BCUT2D eigenvalue weighted by molar-refractivity contribution is 0.0689. The van der Waals surface area contributed by atoms with Gasteiger partial charge in [-0.3, -0.25) is 0 Å². The molecule has 62 valence electrons. The van der Waals surface area contributed by atoms with Crippen LogP contribution in [-0.2, 0) is 0 Å². The second-order valence-electron chi connectivity index (χ2n) is 2.44. The van der Waals surface area contributed by atoms with Gasteiger partial charge in [0.2, 0.25) is 0 Å². The van der Waals surface area contributed by atoms with Crippen molar-refractivity contribution >= 4 is 12.0 Å². The van der Waals surface area contributed by atoms with Gasteiger partial charge in [-0.05, 0) is 24.1 Å². The number of aromatic carboxylic acids is 1. The molecule has 0 saturated carbocycles. The molecule has 0 atom stereocenters. The Bertz CT molecular complexity index is 331. The molecule has 0 unspecified atom stereocenters. The maximum atomic E-state index is 10.5. The first kappa shape index (κ1) is 8.46. The molecule has 1 heterocycles. The molecule has 1 aromatic rings. The first-order chi connectivity index (χ1) is 5.65. The van der Waals surface area contributed by atoms with Gasteiger partial charge in [0.25, 0.3) is 0 Å². The summed E-state index contributed by atoms with van der Waals surface area (Å²) in [5.74, 6) is -0.997. The fourth-order valence-corrected chi connectivity index (χ4v) is 0.932. The van der Waals surface area contributed by atoms with Crippen molar-refractivity contribution in [3.8, 4) is 0 Å². The van der Waals surface area contributed by atoms with Crippen LogP contribution in [0.2, 0.25) is 0 Å². The van der Waals surface area contributed by atoms with Crippen molar-refractivity contribution in [2.24, 2.45) is 0 Å². The zero-order chi connectivity index (χ0) is 9.14. The van der Waals surface area contributed by atoms with Gasteiger partial charge in [0.05, 0.1) is 0 Å². The predicted octanol–water partition coefficient (Wildman–Crippen LogP) is 1.73. The summed E-state index contributed by atoms with van der Waals surface area (Å²) < 4.78 is 0. The van der Waals surface area contributed by atoms with Crippen LogP contribution in [0, 0.1) is 6.92 Å². The fourth-order valence-electron chi connectivity index (χ4n) is 0.932. The van der Waals surface area contributed by atoms with Gasteiger partial charge in [-0.15, -0.1) is 0 Å². The summed E-state index contributed by atoms with van der Waals surface area (Å²) >= 11 is 0. The average Bonchev–Trinajstić information content (AvgIpc) is 2.03. The van der Waals surface area contributed by atoms with Crippen LogP contribution in [0.4, 0.5) is 0 Å². The van der Waals surface area contributed by atoms with Gasteiger partial charge < -0.3 is 5.11 Å². The quantitative estimate of drug-likeness (QED) is 0.722. The fraction of sp³-hybridized carbons (Fsp3) is 0.111. The normalized spacial score (nSPS) is 9.42. The van der Waals surface area contributed by atoms with E-state index in [0.29, 0.717) is 5.56 Å². The number of pyridine rings is 1. The monoisotopic (exact) mass is 163 g/mol. The predicted molar refractivity (Wildman–Crippen MR) is 46.0 cm³/mol. The van der Waals surface area contributed by atoms with Crippen LogP contribution in [-0.4, -0.2) is 16.1 Å². The van der Waals surface area contributed by atoms with Crippen LogP contribution >= 0.6 is 0 Å². The third-order valence-electron chi connectivity index (χ3n) is 1.54. The van der Waals surface area contributed by atoms with E-state index in [2.05, 4.69) is 11.6 Å². The Hall–Kier alpha value is -1.64. The van der Waals surface area contributed by atoms with E-state index in [0.717, 1.165) is 5.56 Å². The second kappa shape index (κ2) is 3.17. The Kier molecular flexibility index (Phi) is 2.24. The molecule has 0 aliphatic carbocycles. The number of hydrogen-bond acceptors (Lipinski definition) is 2. The van der Waals surface area contributed by atoms with E-state index in [1.165, 1.54) is 6.20 Å². The van der Waals surface area contributed by atoms with Crippen molar-refractivity contribution in [3.05, 3.63) is 35.7 Å². The molecule has 0 radical (unpaired) electrons. The van der Waals surface area contributed by atoms with Crippen molar-refractivity contribution in [3.63, 3.8) is 0 Å². The topological polar surface area (TPSA) is 50.2 Å². The molecule has 0 amide bonds. The van der Waals surface area contributed by atoms with Gasteiger partial charge in [0.1, 0.15) is 0 Å². The molecular weight excluding hydrogens is 154 g/mol. The summed E-state index contributed by atoms with van der Waals surface area (Å²) in [4.78, 5) is 14.3. The maximum absolute atomic E-state index is 10.5. The van der Waals surface area contributed by atoms with E-state index >= 15 is 0 Å². The highest BCUT2D eigenvalue weighted by Crippen LogP contribution is 2.08. The Morgan fingerprint density at radius 3 is 2.83 bits per heavy atom. The van der Waals surface area contributed by atoms with E-state index in [-0.39, 0.29) is 5.69 Å². The maximum Gasteiger partial charge on any atom is 0.354 e. The van der Waals surface area contributed by atoms with E-state index in [1.807, 2.05) is 0 Å². The molecule has 0 spiro atoms. The van der Waals surface area contributed by atoms with Crippen LogP contribution in [0.25, 0.3) is 6.08 Å². The number of nitrogens with zero attached hydrogens (tertiary/aromatic N) is 1. The number of aromatic nitrogens is 1. The number of carbonyl (C=O) groups is 1. The third kappa shape index (κ3) is 1.50. The molecular formula is C9H9NO2. The van der Waals surface area contributed by atoms with Gasteiger partial charge in [-0.1, -0.05) is 12.7 Å². The Labute approximate surface area is 70.4 Å². The molecule has 1 N–H and O–H groups in total. The molecule has 0 aromatic carbocycles. The number of hydrogen-bond donors (Lipinski definition) is 1. The smallest absolute Gasteiger partial charge is 0.354 e. The SMILES string of the molecule is C=Cc1cnc(C(=O)O)c(C)c1. The molecule has 0 aliphatic rings. The molecule has 3 heteroatoms. The third-order valence-corrected chi connectivity index (χ3v) is 1.54. The summed E-state index contributed by atoms with van der Waals surface area (Å²) in [6.45, 7) is 5.27. The highest BCUT2D eigenvalue weighted by atomic mass is 16.4. The van der Waals surface area contributed by atoms with Gasteiger partial charge in [0, 0.05) is 6.20 Å². The van der Waals surface area contributed by atoms with Gasteiger partial charge in [-0.25, -0.2) is 9.78 Å². The van der Waals surface area contributed by atoms with Crippen LogP contribution in [0.5, 0.6) is 0 Å². The zero-order valence-electron chi connectivity index (χ0n) is 6.74. The van der Waals surface area contributed by atoms with Crippen molar-refractivity contribution in [2.45, 2.75) is 6.92 Å². The molecule has 0 saturated heterocycles. The molecule has 0 fully saturated rings. The van der Waals surface area contributed by atoms with Crippen molar-refractivity contribution < 1.29 is 9.90 Å². The van der Waals surface area contributed by atoms with E-state index in [4.69, 9.17) is 5.11 Å². The number of carboxylic acids is 1. The van der Waals surface area contributed by atoms with Gasteiger partial charge in [0.15, 0.2) is 5.69 Å². The lowest BCUT2D eigenvalue weighted by atomic mass is 10.1. The Balaban J connectivity index is 3.20. The van der Waals surface area contributed by atoms with E-state index < -0.39 is 5.97 Å². The van der Waals surface area contributed by atoms with Crippen molar-refractivity contribution in [1.82, 2.24) is 4.98 Å². The molecule has 12 heavy (non-hydrogen) atoms. The minimum absolute atomic E-state index is 0.0978. The zero-order valence-corrected chi connectivity index (χ0v) is 6.74. The summed E-state index contributed by atoms with van der Waals surface area (Å²) in [6, 6.07) is 1.74. The lowest BCUT2D eigenvalue weighted by Gasteiger charge is -1.99. The molecule has 3 nitrogen and oxygen atoms in total. The molecule has 0 bridgehead atoms. The largest absolute Gasteiger partial charge is 0.477 e. The van der Waals surface area contributed by atoms with Crippen LogP contribution in [0.15, 0.2) is 18.8 Å². The van der Waals surface area contributed by atoms with Crippen LogP contribution in [0.1, 0.15) is 21.6 Å². The van der Waals surface area contributed by atoms with Crippen LogP contribution in [0.3, 0.4) is 0 Å². The van der Waals surface area contributed by atoms with Gasteiger partial charge >= 0.3 is 5.97 Å². The van der Waals surface area contributed by atoms with Gasteiger partial charge in [-0.2, -0.15) is 0 Å². The van der Waals surface area contributed by atoms with Crippen LogP contribution < -0.4 is 0 Å². The van der Waals surface area contributed by atoms with E-state index in [1.54, 1.807) is 19.1 Å². The minimum Gasteiger partial charge on any atom is -0.477 e. The average molecular weight is 163 g/mol. The van der Waals surface area contributed by atoms with Crippen molar-refractivity contribution in [2.75, 3.05) is 0 Å². The Morgan fingerprint density at radius 2 is 2.42 bits per heavy atom. The summed E-state index contributed by atoms with van der Waals surface area (Å²) in [5, 5.41) is 8.64. The first-order valence-electron chi connectivity index (χ1n) is 3.47. The standard InChI is InChI=1S/C9H9NO2/c1-3-7-4-6(2)8(9(11)12)10-5-7/h3-5H,1H2,2H3,(H,11,12). The van der Waals surface area contributed by atoms with E-state index in [9.17, 15) is 4.79 Å². The molecule has 1 aromatic heterocycles. The Morgan fingerprint density at radius 1 is 1.75 bits per heavy atom. The summed E-state index contributed by atoms with van der Waals surface area (Å²) in [5.41, 5.74) is 1.58. The minimum atomic E-state index is -0.997. The first-order valence-corrected chi connectivity index (χ1v) is 3.47. The highest BCUT2D eigenvalue weighted by molar-refractivity contribution is 5.87.